The Morgan fingerprint density at radius 2 is 1.91 bits per heavy atom. The quantitative estimate of drug-likeness (QED) is 0.539. The third-order valence-electron chi connectivity index (χ3n) is 1.93. The molecule has 50 valence electrons. The molecule has 0 spiro atoms. The largest absolute Gasteiger partial charge is 4.00 e. The van der Waals surface area contributed by atoms with Gasteiger partial charge in [-0.3, -0.25) is 0 Å². The van der Waals surface area contributed by atoms with Crippen LogP contribution in [0, 0.1) is 0 Å². The van der Waals surface area contributed by atoms with Crippen LogP contribution in [0.5, 0.6) is 0 Å². The number of fused-ring (bicyclic) bond motifs is 1. The average molecular weight is 194 g/mol. The zero-order chi connectivity index (χ0) is 6.97. The summed E-state index contributed by atoms with van der Waals surface area (Å²) in [5.74, 6) is 0. The first-order valence-electron chi connectivity index (χ1n) is 3.61. The van der Waals surface area contributed by atoms with Gasteiger partial charge in [0.05, 0.1) is 0 Å². The van der Waals surface area contributed by atoms with Crippen LogP contribution in [0.25, 0.3) is 6.08 Å². The summed E-state index contributed by atoms with van der Waals surface area (Å²) in [4.78, 5) is 0. The molecule has 0 radical (unpaired) electrons. The van der Waals surface area contributed by atoms with Crippen molar-refractivity contribution >= 4 is 16.3 Å². The summed E-state index contributed by atoms with van der Waals surface area (Å²) in [6, 6.07) is 8.64. The Balaban J connectivity index is 0.000000605. The van der Waals surface area contributed by atoms with E-state index in [4.69, 9.17) is 0 Å². The van der Waals surface area contributed by atoms with Gasteiger partial charge in [-0.2, -0.15) is 0 Å². The van der Waals surface area contributed by atoms with Crippen molar-refractivity contribution < 1.29 is 21.7 Å². The van der Waals surface area contributed by atoms with Crippen LogP contribution in [0.4, 0.5) is 0 Å². The maximum absolute atomic E-state index is 2.32. The van der Waals surface area contributed by atoms with Gasteiger partial charge in [0.15, 0.2) is 0 Å². The Bertz CT molecular complexity index is 291. The van der Waals surface area contributed by atoms with Gasteiger partial charge in [0.1, 0.15) is 0 Å². The molecular formula is C9H10SiTi+4. The summed E-state index contributed by atoms with van der Waals surface area (Å²) < 4.78 is 0. The molecule has 0 nitrogen and oxygen atoms in total. The fourth-order valence-electron chi connectivity index (χ4n) is 1.45. The van der Waals surface area contributed by atoms with E-state index < -0.39 is 0 Å². The summed E-state index contributed by atoms with van der Waals surface area (Å²) >= 11 is 0. The van der Waals surface area contributed by atoms with Gasteiger partial charge < -0.3 is 0 Å². The van der Waals surface area contributed by atoms with Gasteiger partial charge in [-0.15, -0.1) is 0 Å². The van der Waals surface area contributed by atoms with Gasteiger partial charge in [0.25, 0.3) is 0 Å². The molecule has 0 amide bonds. The molecule has 1 aliphatic carbocycles. The van der Waals surface area contributed by atoms with Crippen molar-refractivity contribution in [1.82, 2.24) is 0 Å². The van der Waals surface area contributed by atoms with Crippen molar-refractivity contribution in [3.63, 3.8) is 0 Å². The van der Waals surface area contributed by atoms with Gasteiger partial charge in [-0.25, -0.2) is 0 Å². The second-order valence-electron chi connectivity index (χ2n) is 2.87. The molecule has 0 atom stereocenters. The van der Waals surface area contributed by atoms with Crippen molar-refractivity contribution in [2.75, 3.05) is 0 Å². The Morgan fingerprint density at radius 3 is 2.64 bits per heavy atom. The molecule has 0 unspecified atom stereocenters. The van der Waals surface area contributed by atoms with E-state index in [1.165, 1.54) is 27.8 Å². The summed E-state index contributed by atoms with van der Waals surface area (Å²) in [6.45, 7) is 0. The molecule has 1 aliphatic rings. The molecule has 0 aliphatic heterocycles. The SMILES string of the molecule is [SiH3]C1=Cc2ccccc2C1.[Ti+4]. The number of benzene rings is 1. The minimum Gasteiger partial charge on any atom is -0.0869 e. The van der Waals surface area contributed by atoms with E-state index in [9.17, 15) is 0 Å². The molecule has 0 N–H and O–H groups in total. The number of rotatable bonds is 0. The molecule has 2 rings (SSSR count). The first-order valence-corrected chi connectivity index (χ1v) is 4.61. The number of allylic oxidation sites excluding steroid dienone is 1. The third-order valence-corrected chi connectivity index (χ3v) is 2.57. The van der Waals surface area contributed by atoms with Crippen LogP contribution in [0.2, 0.25) is 0 Å². The summed E-state index contributed by atoms with van der Waals surface area (Å²) in [5.41, 5.74) is 2.94. The molecule has 0 fully saturated rings. The van der Waals surface area contributed by atoms with Crippen LogP contribution in [0.3, 0.4) is 0 Å². The number of hydrogen-bond acceptors (Lipinski definition) is 0. The fraction of sp³-hybridized carbons (Fsp3) is 0.111. The molecule has 11 heavy (non-hydrogen) atoms. The van der Waals surface area contributed by atoms with Crippen LogP contribution in [-0.4, -0.2) is 10.2 Å². The Hall–Kier alpha value is -0.109. The zero-order valence-electron chi connectivity index (χ0n) is 6.59. The van der Waals surface area contributed by atoms with Crippen molar-refractivity contribution in [1.29, 1.82) is 0 Å². The maximum Gasteiger partial charge on any atom is 4.00 e. The standard InChI is InChI=1S/C9H10Si.Ti/c10-9-5-7-3-1-2-4-8(7)6-9;/h1-5H,6H2,10H3;/q;+4. The van der Waals surface area contributed by atoms with E-state index in [1.54, 1.807) is 5.20 Å². The van der Waals surface area contributed by atoms with E-state index in [1.807, 2.05) is 0 Å². The van der Waals surface area contributed by atoms with Gasteiger partial charge in [0, 0.05) is 10.2 Å². The summed E-state index contributed by atoms with van der Waals surface area (Å²) in [5, 5.41) is 1.61. The average Bonchev–Trinajstić information content (AvgIpc) is 2.27. The van der Waals surface area contributed by atoms with Crippen molar-refractivity contribution in [2.45, 2.75) is 6.42 Å². The zero-order valence-corrected chi connectivity index (χ0v) is 10.2. The van der Waals surface area contributed by atoms with Crippen LogP contribution in [0.1, 0.15) is 11.1 Å². The summed E-state index contributed by atoms with van der Waals surface area (Å²) in [6.07, 6.45) is 3.53. The minimum atomic E-state index is 0. The van der Waals surface area contributed by atoms with Crippen LogP contribution < -0.4 is 0 Å². The van der Waals surface area contributed by atoms with E-state index in [2.05, 4.69) is 30.3 Å². The molecule has 2 heteroatoms. The third kappa shape index (κ3) is 1.73. The first-order chi connectivity index (χ1) is 4.86. The monoisotopic (exact) mass is 194 g/mol. The minimum absolute atomic E-state index is 0. The second-order valence-corrected chi connectivity index (χ2v) is 4.15. The molecular weight excluding hydrogens is 184 g/mol. The van der Waals surface area contributed by atoms with Gasteiger partial charge >= 0.3 is 21.7 Å². The summed E-state index contributed by atoms with van der Waals surface area (Å²) in [7, 11) is 1.22. The predicted octanol–water partition coefficient (Wildman–Crippen LogP) is 0.947. The number of hydrogen-bond donors (Lipinski definition) is 0. The first kappa shape index (κ1) is 8.98. The molecule has 1 aromatic carbocycles. The maximum atomic E-state index is 2.32. The van der Waals surface area contributed by atoms with Gasteiger partial charge in [-0.1, -0.05) is 35.5 Å². The predicted molar refractivity (Wildman–Crippen MR) is 48.1 cm³/mol. The molecule has 0 bridgehead atoms. The Labute approximate surface area is 85.0 Å². The molecule has 0 heterocycles. The Kier molecular flexibility index (Phi) is 2.88. The molecule has 1 aromatic rings. The van der Waals surface area contributed by atoms with E-state index >= 15 is 0 Å². The molecule has 0 saturated heterocycles. The van der Waals surface area contributed by atoms with Gasteiger partial charge in [-0.05, 0) is 17.5 Å². The second kappa shape index (κ2) is 3.53. The van der Waals surface area contributed by atoms with Crippen LogP contribution >= 0.6 is 0 Å². The van der Waals surface area contributed by atoms with E-state index in [0.29, 0.717) is 0 Å². The van der Waals surface area contributed by atoms with Crippen molar-refractivity contribution in [3.8, 4) is 0 Å². The van der Waals surface area contributed by atoms with Crippen LogP contribution in [0.15, 0.2) is 29.5 Å². The molecule has 0 aromatic heterocycles. The fourth-order valence-corrected chi connectivity index (χ4v) is 2.14. The van der Waals surface area contributed by atoms with Crippen LogP contribution in [-0.2, 0) is 28.1 Å². The topological polar surface area (TPSA) is 0 Å². The Morgan fingerprint density at radius 1 is 1.18 bits per heavy atom. The van der Waals surface area contributed by atoms with Crippen molar-refractivity contribution in [3.05, 3.63) is 40.6 Å². The molecule has 0 saturated carbocycles. The normalized spacial score (nSPS) is 13.6. The van der Waals surface area contributed by atoms with E-state index in [0.717, 1.165) is 0 Å². The smallest absolute Gasteiger partial charge is 0.0869 e. The van der Waals surface area contributed by atoms with Gasteiger partial charge in [0.2, 0.25) is 0 Å². The van der Waals surface area contributed by atoms with Crippen molar-refractivity contribution in [2.24, 2.45) is 0 Å². The van der Waals surface area contributed by atoms with E-state index in [-0.39, 0.29) is 21.7 Å².